The van der Waals surface area contributed by atoms with Gasteiger partial charge < -0.3 is 15.2 Å². The van der Waals surface area contributed by atoms with Crippen LogP contribution in [-0.2, 0) is 14.3 Å². The van der Waals surface area contributed by atoms with E-state index < -0.39 is 17.8 Å². The Balaban J connectivity index is 1.80. The van der Waals surface area contributed by atoms with Gasteiger partial charge in [0.2, 0.25) is 5.91 Å². The maximum atomic E-state index is 12.5. The molecular formula is C15H16BrNO4. The van der Waals surface area contributed by atoms with E-state index in [2.05, 4.69) is 21.2 Å². The van der Waals surface area contributed by atoms with Crippen LogP contribution in [0.25, 0.3) is 0 Å². The molecule has 1 amide bonds. The van der Waals surface area contributed by atoms with E-state index in [1.807, 2.05) is 19.1 Å². The summed E-state index contributed by atoms with van der Waals surface area (Å²) in [6.07, 6.45) is 0.867. The molecule has 2 fully saturated rings. The summed E-state index contributed by atoms with van der Waals surface area (Å²) < 4.78 is 6.40. The van der Waals surface area contributed by atoms with Gasteiger partial charge in [-0.1, -0.05) is 6.07 Å². The molecule has 1 aromatic carbocycles. The molecular weight excluding hydrogens is 338 g/mol. The summed E-state index contributed by atoms with van der Waals surface area (Å²) in [5, 5.41) is 12.2. The Morgan fingerprint density at radius 1 is 1.29 bits per heavy atom. The van der Waals surface area contributed by atoms with E-state index in [0.717, 1.165) is 22.9 Å². The van der Waals surface area contributed by atoms with Crippen LogP contribution in [0.1, 0.15) is 18.4 Å². The van der Waals surface area contributed by atoms with Crippen LogP contribution in [-0.4, -0.2) is 29.2 Å². The third kappa shape index (κ3) is 2.58. The zero-order valence-electron chi connectivity index (χ0n) is 11.5. The number of aryl methyl sites for hydroxylation is 1. The number of carboxylic acid groups (broad SMARTS) is 1. The van der Waals surface area contributed by atoms with Gasteiger partial charge in [0.25, 0.3) is 0 Å². The summed E-state index contributed by atoms with van der Waals surface area (Å²) in [5.41, 5.74) is 1.73. The second kappa shape index (κ2) is 5.42. The first-order valence-corrected chi connectivity index (χ1v) is 7.72. The zero-order chi connectivity index (χ0) is 15.1. The quantitative estimate of drug-likeness (QED) is 0.875. The topological polar surface area (TPSA) is 75.6 Å². The van der Waals surface area contributed by atoms with E-state index in [1.165, 1.54) is 0 Å². The third-order valence-corrected chi connectivity index (χ3v) is 4.90. The molecule has 0 radical (unpaired) electrons. The van der Waals surface area contributed by atoms with Crippen LogP contribution in [0.5, 0.6) is 0 Å². The molecule has 6 heteroatoms. The van der Waals surface area contributed by atoms with Gasteiger partial charge in [-0.2, -0.15) is 0 Å². The number of carbonyl (C=O) groups excluding carboxylic acids is 1. The number of carbonyl (C=O) groups is 2. The molecule has 2 bridgehead atoms. The molecule has 3 rings (SSSR count). The Morgan fingerprint density at radius 2 is 1.95 bits per heavy atom. The lowest BCUT2D eigenvalue weighted by atomic mass is 9.78. The lowest BCUT2D eigenvalue weighted by molar-refractivity contribution is -0.147. The second-order valence-electron chi connectivity index (χ2n) is 5.65. The lowest BCUT2D eigenvalue weighted by Gasteiger charge is -2.24. The number of hydrogen-bond acceptors (Lipinski definition) is 3. The minimum atomic E-state index is -0.953. The SMILES string of the molecule is Cc1ccc(NC(=O)[C@H]2[C@@H](C(=O)O)[C@@H]3CC[C@H]2O3)c(Br)c1. The number of halogens is 1. The van der Waals surface area contributed by atoms with Gasteiger partial charge in [0, 0.05) is 4.47 Å². The monoisotopic (exact) mass is 353 g/mol. The first kappa shape index (κ1) is 14.5. The summed E-state index contributed by atoms with van der Waals surface area (Å²) in [5.74, 6) is -2.59. The second-order valence-corrected chi connectivity index (χ2v) is 6.51. The number of rotatable bonds is 3. The molecule has 4 atom stereocenters. The fourth-order valence-corrected chi connectivity index (χ4v) is 3.85. The molecule has 2 heterocycles. The lowest BCUT2D eigenvalue weighted by Crippen LogP contribution is -2.41. The van der Waals surface area contributed by atoms with Crippen LogP contribution < -0.4 is 5.32 Å². The van der Waals surface area contributed by atoms with Gasteiger partial charge in [-0.15, -0.1) is 0 Å². The van der Waals surface area contributed by atoms with E-state index in [0.29, 0.717) is 5.69 Å². The number of anilines is 1. The van der Waals surface area contributed by atoms with Crippen molar-refractivity contribution in [3.05, 3.63) is 28.2 Å². The Kier molecular flexibility index (Phi) is 3.75. The van der Waals surface area contributed by atoms with Gasteiger partial charge in [-0.25, -0.2) is 0 Å². The van der Waals surface area contributed by atoms with E-state index in [4.69, 9.17) is 4.74 Å². The van der Waals surface area contributed by atoms with Crippen LogP contribution in [0, 0.1) is 18.8 Å². The number of amides is 1. The zero-order valence-corrected chi connectivity index (χ0v) is 13.1. The number of fused-ring (bicyclic) bond motifs is 2. The highest BCUT2D eigenvalue weighted by Crippen LogP contribution is 2.44. The number of nitrogens with one attached hydrogen (secondary N) is 1. The molecule has 5 nitrogen and oxygen atoms in total. The summed E-state index contributed by atoms with van der Waals surface area (Å²) in [7, 11) is 0. The normalized spacial score (nSPS) is 30.4. The molecule has 1 aromatic rings. The first-order chi connectivity index (χ1) is 9.97. The largest absolute Gasteiger partial charge is 0.481 e. The highest BCUT2D eigenvalue weighted by Gasteiger charge is 2.55. The number of hydrogen-bond donors (Lipinski definition) is 2. The third-order valence-electron chi connectivity index (χ3n) is 4.24. The van der Waals surface area contributed by atoms with E-state index >= 15 is 0 Å². The summed E-state index contributed by atoms with van der Waals surface area (Å²) >= 11 is 3.41. The Morgan fingerprint density at radius 3 is 2.57 bits per heavy atom. The predicted molar refractivity (Wildman–Crippen MR) is 80.0 cm³/mol. The van der Waals surface area contributed by atoms with Crippen LogP contribution in [0.3, 0.4) is 0 Å². The highest BCUT2D eigenvalue weighted by molar-refractivity contribution is 9.10. The Labute approximate surface area is 130 Å². The van der Waals surface area contributed by atoms with Crippen molar-refractivity contribution in [2.75, 3.05) is 5.32 Å². The molecule has 2 N–H and O–H groups in total. The molecule has 0 aromatic heterocycles. The minimum Gasteiger partial charge on any atom is -0.481 e. The highest BCUT2D eigenvalue weighted by atomic mass is 79.9. The van der Waals surface area contributed by atoms with Crippen LogP contribution in [0.4, 0.5) is 5.69 Å². The number of ether oxygens (including phenoxy) is 1. The van der Waals surface area contributed by atoms with E-state index in [9.17, 15) is 14.7 Å². The summed E-state index contributed by atoms with van der Waals surface area (Å²) in [4.78, 5) is 23.9. The Hall–Kier alpha value is -1.40. The van der Waals surface area contributed by atoms with E-state index in [1.54, 1.807) is 6.07 Å². The summed E-state index contributed by atoms with van der Waals surface area (Å²) in [6.45, 7) is 1.96. The summed E-state index contributed by atoms with van der Waals surface area (Å²) in [6, 6.07) is 5.61. The fourth-order valence-electron chi connectivity index (χ4n) is 3.26. The van der Waals surface area contributed by atoms with Crippen molar-refractivity contribution in [2.24, 2.45) is 11.8 Å². The predicted octanol–water partition coefficient (Wildman–Crippen LogP) is 2.57. The van der Waals surface area contributed by atoms with Crippen LogP contribution in [0.2, 0.25) is 0 Å². The molecule has 21 heavy (non-hydrogen) atoms. The van der Waals surface area contributed by atoms with Crippen molar-refractivity contribution in [1.29, 1.82) is 0 Å². The van der Waals surface area contributed by atoms with E-state index in [-0.39, 0.29) is 18.1 Å². The molecule has 0 saturated carbocycles. The van der Waals surface area contributed by atoms with Crippen molar-refractivity contribution in [1.82, 2.24) is 0 Å². The van der Waals surface area contributed by atoms with Gasteiger partial charge in [-0.05, 0) is 53.4 Å². The molecule has 0 unspecified atom stereocenters. The minimum absolute atomic E-state index is 0.277. The first-order valence-electron chi connectivity index (χ1n) is 6.92. The number of carboxylic acids is 1. The van der Waals surface area contributed by atoms with Crippen molar-refractivity contribution < 1.29 is 19.4 Å². The van der Waals surface area contributed by atoms with Gasteiger partial charge in [0.05, 0.1) is 29.7 Å². The van der Waals surface area contributed by atoms with Gasteiger partial charge >= 0.3 is 5.97 Å². The molecule has 2 saturated heterocycles. The molecule has 2 aliphatic heterocycles. The van der Waals surface area contributed by atoms with Gasteiger partial charge in [-0.3, -0.25) is 9.59 Å². The maximum Gasteiger partial charge on any atom is 0.310 e. The Bertz CT molecular complexity index is 603. The average molecular weight is 354 g/mol. The van der Waals surface area contributed by atoms with Crippen LogP contribution in [0.15, 0.2) is 22.7 Å². The van der Waals surface area contributed by atoms with Crippen molar-refractivity contribution in [3.63, 3.8) is 0 Å². The van der Waals surface area contributed by atoms with Gasteiger partial charge in [0.1, 0.15) is 0 Å². The average Bonchev–Trinajstić information content (AvgIpc) is 3.02. The molecule has 2 aliphatic rings. The molecule has 112 valence electrons. The van der Waals surface area contributed by atoms with Crippen molar-refractivity contribution in [3.8, 4) is 0 Å². The molecule has 0 aliphatic carbocycles. The standard InChI is InChI=1S/C15H16BrNO4/c1-7-2-3-9(8(16)6-7)17-14(18)12-10-4-5-11(21-10)13(12)15(19)20/h2-3,6,10-13H,4-5H2,1H3,(H,17,18)(H,19,20)/t10-,11+,12-,13+/m1/s1. The number of benzene rings is 1. The van der Waals surface area contributed by atoms with Crippen molar-refractivity contribution in [2.45, 2.75) is 32.0 Å². The van der Waals surface area contributed by atoms with Gasteiger partial charge in [0.15, 0.2) is 0 Å². The smallest absolute Gasteiger partial charge is 0.310 e. The van der Waals surface area contributed by atoms with Crippen molar-refractivity contribution >= 4 is 33.5 Å². The molecule has 0 spiro atoms. The van der Waals surface area contributed by atoms with Crippen LogP contribution >= 0.6 is 15.9 Å². The maximum absolute atomic E-state index is 12.5. The fraction of sp³-hybridized carbons (Fsp3) is 0.467. The number of aliphatic carboxylic acids is 1.